The first-order chi connectivity index (χ1) is 12.5. The molecule has 2 fully saturated rings. The Kier molecular flexibility index (Phi) is 6.16. The predicted molar refractivity (Wildman–Crippen MR) is 97.5 cm³/mol. The van der Waals surface area contributed by atoms with Gasteiger partial charge in [-0.15, -0.1) is 0 Å². The molecule has 0 bridgehead atoms. The summed E-state index contributed by atoms with van der Waals surface area (Å²) in [5, 5.41) is 0. The fraction of sp³-hybridized carbons (Fsp3) is 0.632. The Morgan fingerprint density at radius 1 is 1.15 bits per heavy atom. The third-order valence-electron chi connectivity index (χ3n) is 5.29. The van der Waals surface area contributed by atoms with Gasteiger partial charge in [-0.1, -0.05) is 12.1 Å². The van der Waals surface area contributed by atoms with Crippen LogP contribution in [-0.4, -0.2) is 35.7 Å². The molecule has 0 aromatic heterocycles. The molecular weight excluding hydrogens is 356 g/mol. The van der Waals surface area contributed by atoms with Gasteiger partial charge in [0.05, 0.1) is 19.3 Å². The standard InChI is InChI=1S/C19H27FNO4P/c1-3-24-26(23,25-4-2)18-12-11-16-9-6-10-17(21(16)19(18)22)14-7-5-8-15(20)13-14/h5,7-8,13,16-18H,3-4,6,9-12H2,1-2H3/t16-,17+,18?/m1/s1. The summed E-state index contributed by atoms with van der Waals surface area (Å²) in [6, 6.07) is 6.36. The van der Waals surface area contributed by atoms with Gasteiger partial charge in [0.15, 0.2) is 0 Å². The Morgan fingerprint density at radius 3 is 2.54 bits per heavy atom. The van der Waals surface area contributed by atoms with Crippen LogP contribution in [0.4, 0.5) is 4.39 Å². The number of carbonyl (C=O) groups excluding carboxylic acids is 1. The molecule has 2 heterocycles. The summed E-state index contributed by atoms with van der Waals surface area (Å²) >= 11 is 0. The molecule has 0 radical (unpaired) electrons. The van der Waals surface area contributed by atoms with Crippen molar-refractivity contribution in [2.24, 2.45) is 0 Å². The minimum absolute atomic E-state index is 0.109. The average Bonchev–Trinajstić information content (AvgIpc) is 2.62. The lowest BCUT2D eigenvalue weighted by atomic mass is 9.85. The van der Waals surface area contributed by atoms with E-state index in [9.17, 15) is 13.8 Å². The monoisotopic (exact) mass is 383 g/mol. The molecule has 1 amide bonds. The van der Waals surface area contributed by atoms with Crippen LogP contribution in [0.15, 0.2) is 24.3 Å². The number of halogens is 1. The van der Waals surface area contributed by atoms with Crippen LogP contribution in [0.2, 0.25) is 0 Å². The predicted octanol–water partition coefficient (Wildman–Crippen LogP) is 4.68. The Balaban J connectivity index is 1.91. The minimum atomic E-state index is -3.51. The molecule has 1 aromatic rings. The maximum Gasteiger partial charge on any atom is 0.343 e. The lowest BCUT2D eigenvalue weighted by Gasteiger charge is -2.48. The molecule has 1 unspecified atom stereocenters. The average molecular weight is 383 g/mol. The van der Waals surface area contributed by atoms with Gasteiger partial charge in [0.2, 0.25) is 5.91 Å². The van der Waals surface area contributed by atoms with Gasteiger partial charge in [0.25, 0.3) is 0 Å². The number of carbonyl (C=O) groups is 1. The number of fused-ring (bicyclic) bond motifs is 1. The second-order valence-electron chi connectivity index (χ2n) is 6.87. The molecule has 1 aromatic carbocycles. The van der Waals surface area contributed by atoms with E-state index >= 15 is 0 Å². The van der Waals surface area contributed by atoms with Crippen molar-refractivity contribution in [1.29, 1.82) is 0 Å². The number of hydrogen-bond donors (Lipinski definition) is 0. The van der Waals surface area contributed by atoms with E-state index in [-0.39, 0.29) is 37.0 Å². The van der Waals surface area contributed by atoms with Gasteiger partial charge in [-0.25, -0.2) is 4.39 Å². The Labute approximate surface area is 154 Å². The molecule has 0 N–H and O–H groups in total. The van der Waals surface area contributed by atoms with Crippen molar-refractivity contribution in [3.63, 3.8) is 0 Å². The van der Waals surface area contributed by atoms with Gasteiger partial charge < -0.3 is 13.9 Å². The second kappa shape index (κ2) is 8.20. The molecule has 0 saturated carbocycles. The molecule has 144 valence electrons. The van der Waals surface area contributed by atoms with Crippen LogP contribution in [0.5, 0.6) is 0 Å². The zero-order valence-corrected chi connectivity index (χ0v) is 16.3. The largest absolute Gasteiger partial charge is 0.343 e. The fourth-order valence-corrected chi connectivity index (χ4v) is 6.28. The van der Waals surface area contributed by atoms with E-state index in [0.717, 1.165) is 31.2 Å². The highest BCUT2D eigenvalue weighted by molar-refractivity contribution is 7.55. The van der Waals surface area contributed by atoms with E-state index in [1.807, 2.05) is 11.0 Å². The quantitative estimate of drug-likeness (QED) is 0.670. The molecule has 5 nitrogen and oxygen atoms in total. The summed E-state index contributed by atoms with van der Waals surface area (Å²) in [6.45, 7) is 3.96. The number of amides is 1. The number of piperidine rings is 2. The topological polar surface area (TPSA) is 55.8 Å². The fourth-order valence-electron chi connectivity index (χ4n) is 4.25. The molecule has 26 heavy (non-hydrogen) atoms. The smallest absolute Gasteiger partial charge is 0.332 e. The van der Waals surface area contributed by atoms with Crippen LogP contribution >= 0.6 is 7.60 Å². The highest BCUT2D eigenvalue weighted by atomic mass is 31.2. The van der Waals surface area contributed by atoms with Crippen molar-refractivity contribution in [3.05, 3.63) is 35.6 Å². The van der Waals surface area contributed by atoms with Crippen LogP contribution in [-0.2, 0) is 18.4 Å². The van der Waals surface area contributed by atoms with Gasteiger partial charge in [-0.2, -0.15) is 0 Å². The minimum Gasteiger partial charge on any atom is -0.332 e. The normalized spacial score (nSPS) is 26.7. The van der Waals surface area contributed by atoms with E-state index in [4.69, 9.17) is 9.05 Å². The summed E-state index contributed by atoms with van der Waals surface area (Å²) in [7, 11) is -3.51. The molecule has 0 spiro atoms. The van der Waals surface area contributed by atoms with E-state index < -0.39 is 13.3 Å². The molecule has 2 aliphatic rings. The van der Waals surface area contributed by atoms with Crippen molar-refractivity contribution in [2.75, 3.05) is 13.2 Å². The van der Waals surface area contributed by atoms with Crippen molar-refractivity contribution in [2.45, 2.75) is 63.7 Å². The summed E-state index contributed by atoms with van der Waals surface area (Å²) in [5.41, 5.74) is 0.0270. The Hall–Kier alpha value is -1.23. The van der Waals surface area contributed by atoms with Crippen molar-refractivity contribution >= 4 is 13.5 Å². The summed E-state index contributed by atoms with van der Waals surface area (Å²) in [6.07, 6.45) is 3.98. The number of hydrogen-bond acceptors (Lipinski definition) is 4. The van der Waals surface area contributed by atoms with Gasteiger partial charge >= 0.3 is 7.60 Å². The zero-order chi connectivity index (χ0) is 18.7. The van der Waals surface area contributed by atoms with Gasteiger partial charge in [0, 0.05) is 6.04 Å². The van der Waals surface area contributed by atoms with Crippen LogP contribution in [0, 0.1) is 5.82 Å². The van der Waals surface area contributed by atoms with E-state index in [1.54, 1.807) is 19.9 Å². The first kappa shape index (κ1) is 19.5. The van der Waals surface area contributed by atoms with Crippen molar-refractivity contribution in [1.82, 2.24) is 4.90 Å². The molecule has 3 atom stereocenters. The number of rotatable bonds is 6. The summed E-state index contributed by atoms with van der Waals surface area (Å²) in [5.74, 6) is -0.486. The van der Waals surface area contributed by atoms with Crippen LogP contribution < -0.4 is 0 Å². The van der Waals surface area contributed by atoms with Crippen LogP contribution in [0.25, 0.3) is 0 Å². The highest BCUT2D eigenvalue weighted by Gasteiger charge is 2.50. The van der Waals surface area contributed by atoms with Gasteiger partial charge in [0.1, 0.15) is 11.5 Å². The van der Waals surface area contributed by atoms with Gasteiger partial charge in [-0.05, 0) is 63.6 Å². The number of nitrogens with zero attached hydrogens (tertiary/aromatic N) is 1. The maximum atomic E-state index is 13.7. The third-order valence-corrected chi connectivity index (χ3v) is 7.77. The lowest BCUT2D eigenvalue weighted by Crippen LogP contribution is -2.53. The lowest BCUT2D eigenvalue weighted by molar-refractivity contribution is -0.142. The van der Waals surface area contributed by atoms with Gasteiger partial charge in [-0.3, -0.25) is 9.36 Å². The van der Waals surface area contributed by atoms with E-state index in [1.165, 1.54) is 12.1 Å². The SMILES string of the molecule is CCOP(=O)(OCC)C1CC[C@H]2CCC[C@@H](c3cccc(F)c3)N2C1=O. The molecular formula is C19H27FNO4P. The third kappa shape index (κ3) is 3.73. The molecule has 2 aliphatic heterocycles. The Morgan fingerprint density at radius 2 is 1.88 bits per heavy atom. The maximum absolute atomic E-state index is 13.7. The van der Waals surface area contributed by atoms with Crippen LogP contribution in [0.3, 0.4) is 0 Å². The van der Waals surface area contributed by atoms with E-state index in [0.29, 0.717) is 6.42 Å². The zero-order valence-electron chi connectivity index (χ0n) is 15.4. The molecule has 3 rings (SSSR count). The highest BCUT2D eigenvalue weighted by Crippen LogP contribution is 2.57. The van der Waals surface area contributed by atoms with E-state index in [2.05, 4.69) is 0 Å². The molecule has 2 saturated heterocycles. The first-order valence-corrected chi connectivity index (χ1v) is 11.1. The first-order valence-electron chi connectivity index (χ1n) is 9.46. The molecule has 7 heteroatoms. The van der Waals surface area contributed by atoms with Crippen LogP contribution in [0.1, 0.15) is 57.6 Å². The van der Waals surface area contributed by atoms with Crippen molar-refractivity contribution < 1.29 is 22.8 Å². The second-order valence-corrected chi connectivity index (χ2v) is 9.09. The summed E-state index contributed by atoms with van der Waals surface area (Å²) < 4.78 is 37.8. The summed E-state index contributed by atoms with van der Waals surface area (Å²) in [4.78, 5) is 15.2. The van der Waals surface area contributed by atoms with Crippen molar-refractivity contribution in [3.8, 4) is 0 Å². The Bertz CT molecular complexity index is 688. The molecule has 0 aliphatic carbocycles. The number of benzene rings is 1.